The molecule has 0 saturated carbocycles. The van der Waals surface area contributed by atoms with Crippen LogP contribution in [0.25, 0.3) is 11.3 Å². The molecule has 0 atom stereocenters. The number of hydrogen-bond donors (Lipinski definition) is 1. The lowest BCUT2D eigenvalue weighted by Gasteiger charge is -2.27. The van der Waals surface area contributed by atoms with Crippen molar-refractivity contribution in [1.29, 1.82) is 0 Å². The normalized spacial score (nSPS) is 14.3. The summed E-state index contributed by atoms with van der Waals surface area (Å²) in [5, 5.41) is 14.8. The molecule has 1 saturated heterocycles. The molecule has 11 nitrogen and oxygen atoms in total. The number of rotatable bonds is 5. The summed E-state index contributed by atoms with van der Waals surface area (Å²) in [6.07, 6.45) is 6.49. The van der Waals surface area contributed by atoms with Crippen molar-refractivity contribution in [3.8, 4) is 11.3 Å². The zero-order valence-corrected chi connectivity index (χ0v) is 14.8. The van der Waals surface area contributed by atoms with Gasteiger partial charge in [-0.3, -0.25) is 9.48 Å². The molecular formula is C16H19N9O2. The highest BCUT2D eigenvalue weighted by Crippen LogP contribution is 2.20. The van der Waals surface area contributed by atoms with E-state index in [1.807, 2.05) is 6.07 Å². The summed E-state index contributed by atoms with van der Waals surface area (Å²) < 4.78 is 6.93. The van der Waals surface area contributed by atoms with Gasteiger partial charge in [-0.25, -0.2) is 9.97 Å². The summed E-state index contributed by atoms with van der Waals surface area (Å²) in [7, 11) is 1.68. The molecule has 140 valence electrons. The van der Waals surface area contributed by atoms with Crippen molar-refractivity contribution in [1.82, 2.24) is 34.7 Å². The monoisotopic (exact) mass is 369 g/mol. The van der Waals surface area contributed by atoms with Crippen molar-refractivity contribution in [2.75, 3.05) is 36.5 Å². The summed E-state index contributed by atoms with van der Waals surface area (Å²) in [5.74, 6) is 1.03. The third-order valence-electron chi connectivity index (χ3n) is 4.09. The van der Waals surface area contributed by atoms with E-state index in [-0.39, 0.29) is 12.5 Å². The van der Waals surface area contributed by atoms with E-state index in [9.17, 15) is 4.79 Å². The van der Waals surface area contributed by atoms with Gasteiger partial charge in [0.2, 0.25) is 5.91 Å². The van der Waals surface area contributed by atoms with Gasteiger partial charge in [-0.1, -0.05) is 0 Å². The Bertz CT molecular complexity index is 929. The molecule has 3 aromatic heterocycles. The fraction of sp³-hybridized carbons (Fsp3) is 0.375. The van der Waals surface area contributed by atoms with Gasteiger partial charge in [0.15, 0.2) is 5.82 Å². The molecule has 4 rings (SSSR count). The highest BCUT2D eigenvalue weighted by atomic mass is 16.5. The topological polar surface area (TPSA) is 116 Å². The number of ether oxygens (including phenoxy) is 1. The number of anilines is 2. The van der Waals surface area contributed by atoms with Crippen LogP contribution in [0.15, 0.2) is 31.0 Å². The average Bonchev–Trinajstić information content (AvgIpc) is 3.31. The highest BCUT2D eigenvalue weighted by molar-refractivity contribution is 5.89. The van der Waals surface area contributed by atoms with Crippen molar-refractivity contribution >= 4 is 17.5 Å². The Morgan fingerprint density at radius 3 is 2.85 bits per heavy atom. The standard InChI is InChI=1S/C16H19N9O2/c1-23-19-8-14(22-23)21-16(26)10-25-9-12(7-20-25)13-6-15(18-11-17-13)24-2-4-27-5-3-24/h6-9,11H,2-5,10H2,1H3,(H,21,22,26). The summed E-state index contributed by atoms with van der Waals surface area (Å²) >= 11 is 0. The number of aryl methyl sites for hydroxylation is 1. The van der Waals surface area contributed by atoms with Crippen LogP contribution in [0.1, 0.15) is 0 Å². The van der Waals surface area contributed by atoms with Crippen molar-refractivity contribution in [2.45, 2.75) is 6.54 Å². The minimum absolute atomic E-state index is 0.0674. The first-order valence-corrected chi connectivity index (χ1v) is 8.51. The van der Waals surface area contributed by atoms with Crippen molar-refractivity contribution in [3.63, 3.8) is 0 Å². The smallest absolute Gasteiger partial charge is 0.247 e. The minimum Gasteiger partial charge on any atom is -0.378 e. The Kier molecular flexibility index (Phi) is 4.75. The molecule has 11 heteroatoms. The van der Waals surface area contributed by atoms with E-state index in [0.29, 0.717) is 19.0 Å². The van der Waals surface area contributed by atoms with Gasteiger partial charge in [-0.2, -0.15) is 15.0 Å². The van der Waals surface area contributed by atoms with Gasteiger partial charge in [0.05, 0.1) is 31.3 Å². The van der Waals surface area contributed by atoms with E-state index >= 15 is 0 Å². The van der Waals surface area contributed by atoms with Crippen LogP contribution in [0, 0.1) is 0 Å². The van der Waals surface area contributed by atoms with Gasteiger partial charge in [0.25, 0.3) is 0 Å². The number of morpholine rings is 1. The van der Waals surface area contributed by atoms with E-state index in [1.54, 1.807) is 24.1 Å². The Morgan fingerprint density at radius 2 is 2.07 bits per heavy atom. The Morgan fingerprint density at radius 1 is 1.22 bits per heavy atom. The molecule has 1 fully saturated rings. The van der Waals surface area contributed by atoms with Gasteiger partial charge in [-0.05, 0) is 0 Å². The number of nitrogens with one attached hydrogen (secondary N) is 1. The van der Waals surface area contributed by atoms with Gasteiger partial charge >= 0.3 is 0 Å². The lowest BCUT2D eigenvalue weighted by atomic mass is 10.2. The average molecular weight is 369 g/mol. The lowest BCUT2D eigenvalue weighted by molar-refractivity contribution is -0.116. The second-order valence-corrected chi connectivity index (χ2v) is 6.05. The molecule has 1 amide bonds. The molecule has 0 unspecified atom stereocenters. The van der Waals surface area contributed by atoms with E-state index in [4.69, 9.17) is 4.74 Å². The second kappa shape index (κ2) is 7.50. The van der Waals surface area contributed by atoms with Crippen molar-refractivity contribution < 1.29 is 9.53 Å². The number of carbonyl (C=O) groups excluding carboxylic acids is 1. The molecule has 3 aromatic rings. The van der Waals surface area contributed by atoms with Crippen LogP contribution in [0.2, 0.25) is 0 Å². The molecule has 0 spiro atoms. The molecule has 1 N–H and O–H groups in total. The number of aromatic nitrogens is 7. The molecule has 27 heavy (non-hydrogen) atoms. The first-order valence-electron chi connectivity index (χ1n) is 8.51. The number of hydrogen-bond acceptors (Lipinski definition) is 8. The van der Waals surface area contributed by atoms with Crippen LogP contribution < -0.4 is 10.2 Å². The summed E-state index contributed by atoms with van der Waals surface area (Å²) in [4.78, 5) is 24.3. The van der Waals surface area contributed by atoms with Gasteiger partial charge < -0.3 is 15.0 Å². The predicted molar refractivity (Wildman–Crippen MR) is 95.9 cm³/mol. The zero-order valence-electron chi connectivity index (χ0n) is 14.8. The quantitative estimate of drug-likeness (QED) is 0.665. The van der Waals surface area contributed by atoms with Crippen LogP contribution in [0.5, 0.6) is 0 Å². The Labute approximate surface area is 155 Å². The van der Waals surface area contributed by atoms with Crippen LogP contribution >= 0.6 is 0 Å². The second-order valence-electron chi connectivity index (χ2n) is 6.05. The minimum atomic E-state index is -0.234. The Balaban J connectivity index is 1.43. The fourth-order valence-corrected chi connectivity index (χ4v) is 2.79. The first-order chi connectivity index (χ1) is 13.2. The van der Waals surface area contributed by atoms with Gasteiger partial charge in [0, 0.05) is 38.0 Å². The van der Waals surface area contributed by atoms with Crippen LogP contribution in [0.4, 0.5) is 11.6 Å². The van der Waals surface area contributed by atoms with E-state index in [0.717, 1.165) is 30.2 Å². The fourth-order valence-electron chi connectivity index (χ4n) is 2.79. The summed E-state index contributed by atoms with van der Waals surface area (Å²) in [6, 6.07) is 1.92. The lowest BCUT2D eigenvalue weighted by Crippen LogP contribution is -2.36. The van der Waals surface area contributed by atoms with E-state index in [2.05, 4.69) is 35.5 Å². The van der Waals surface area contributed by atoms with E-state index in [1.165, 1.54) is 17.3 Å². The Hall–Kier alpha value is -3.34. The summed E-state index contributed by atoms with van der Waals surface area (Å²) in [6.45, 7) is 3.06. The van der Waals surface area contributed by atoms with Crippen LogP contribution in [-0.2, 0) is 23.1 Å². The first kappa shape index (κ1) is 17.1. The maximum atomic E-state index is 12.1. The molecule has 0 aliphatic carbocycles. The molecule has 4 heterocycles. The molecule has 0 bridgehead atoms. The largest absolute Gasteiger partial charge is 0.378 e. The van der Waals surface area contributed by atoms with Crippen molar-refractivity contribution in [3.05, 3.63) is 31.0 Å². The number of carbonyl (C=O) groups is 1. The van der Waals surface area contributed by atoms with Crippen molar-refractivity contribution in [2.24, 2.45) is 7.05 Å². The van der Waals surface area contributed by atoms with Gasteiger partial charge in [0.1, 0.15) is 18.7 Å². The molecule has 1 aliphatic rings. The third-order valence-corrected chi connectivity index (χ3v) is 4.09. The maximum absolute atomic E-state index is 12.1. The SMILES string of the molecule is Cn1ncc(NC(=O)Cn2cc(-c3cc(N4CCOCC4)ncn3)cn2)n1. The van der Waals surface area contributed by atoms with Gasteiger partial charge in [-0.15, -0.1) is 5.10 Å². The number of nitrogens with zero attached hydrogens (tertiary/aromatic N) is 8. The van der Waals surface area contributed by atoms with Crippen LogP contribution in [-0.4, -0.2) is 67.0 Å². The third kappa shape index (κ3) is 4.08. The molecule has 1 aliphatic heterocycles. The van der Waals surface area contributed by atoms with E-state index < -0.39 is 0 Å². The summed E-state index contributed by atoms with van der Waals surface area (Å²) in [5.41, 5.74) is 1.58. The predicted octanol–water partition coefficient (Wildman–Crippen LogP) is -0.0561. The van der Waals surface area contributed by atoms with Crippen LogP contribution in [0.3, 0.4) is 0 Å². The molecule has 0 radical (unpaired) electrons. The highest BCUT2D eigenvalue weighted by Gasteiger charge is 2.14. The maximum Gasteiger partial charge on any atom is 0.247 e. The molecule has 0 aromatic carbocycles. The molecular weight excluding hydrogens is 350 g/mol. The zero-order chi connectivity index (χ0) is 18.6. The number of amides is 1.